The van der Waals surface area contributed by atoms with Crippen LogP contribution in [0.25, 0.3) is 0 Å². The Morgan fingerprint density at radius 1 is 0.667 bits per heavy atom. The van der Waals surface area contributed by atoms with Gasteiger partial charge in [0.15, 0.2) is 0 Å². The maximum Gasteiger partial charge on any atom is -0.0417 e. The molecule has 0 fully saturated rings. The van der Waals surface area contributed by atoms with Crippen molar-refractivity contribution >= 4 is 0 Å². The highest BCUT2D eigenvalue weighted by Crippen LogP contribution is 2.22. The lowest BCUT2D eigenvalue weighted by Crippen LogP contribution is -2.07. The van der Waals surface area contributed by atoms with E-state index in [0.717, 1.165) is 11.8 Å². The number of rotatable bonds is 7. The van der Waals surface area contributed by atoms with E-state index in [1.807, 2.05) is 0 Å². The molecule has 0 aliphatic heterocycles. The van der Waals surface area contributed by atoms with Gasteiger partial charge in [0.05, 0.1) is 0 Å². The van der Waals surface area contributed by atoms with Gasteiger partial charge in [-0.2, -0.15) is 0 Å². The van der Waals surface area contributed by atoms with E-state index in [1.165, 1.54) is 44.9 Å². The summed E-state index contributed by atoms with van der Waals surface area (Å²) in [6.07, 6.45) is 9.66. The Kier molecular flexibility index (Phi) is 16.2. The van der Waals surface area contributed by atoms with E-state index in [0.29, 0.717) is 0 Å². The van der Waals surface area contributed by atoms with Crippen LogP contribution in [-0.2, 0) is 0 Å². The van der Waals surface area contributed by atoms with Gasteiger partial charge < -0.3 is 0 Å². The Morgan fingerprint density at radius 3 is 1.53 bits per heavy atom. The van der Waals surface area contributed by atoms with Gasteiger partial charge in [-0.15, -0.1) is 0 Å². The highest BCUT2D eigenvalue weighted by atomic mass is 14.2. The van der Waals surface area contributed by atoms with Crippen molar-refractivity contribution in [3.8, 4) is 0 Å². The average Bonchev–Trinajstić information content (AvgIpc) is 2.19. The first-order chi connectivity index (χ1) is 7.13. The Morgan fingerprint density at radius 2 is 1.13 bits per heavy atom. The van der Waals surface area contributed by atoms with E-state index in [-0.39, 0.29) is 0 Å². The van der Waals surface area contributed by atoms with E-state index in [9.17, 15) is 0 Å². The van der Waals surface area contributed by atoms with Crippen molar-refractivity contribution in [1.82, 2.24) is 0 Å². The second kappa shape index (κ2) is 14.0. The Bertz CT molecular complexity index is 96.2. The fourth-order valence-electron chi connectivity index (χ4n) is 1.74. The molecule has 0 bridgehead atoms. The standard InChI is InChI=1S/C12H26.C3H8/c1-5-7-8-10-12(4)11(3)9-6-2;1-3-2/h11-12H,5-10H2,1-4H3;3H2,1-2H3. The quantitative estimate of drug-likeness (QED) is 0.452. The molecular formula is C15H34. The Labute approximate surface area is 98.9 Å². The summed E-state index contributed by atoms with van der Waals surface area (Å²) in [7, 11) is 0. The molecule has 0 heteroatoms. The molecule has 94 valence electrons. The van der Waals surface area contributed by atoms with Gasteiger partial charge in [0.1, 0.15) is 0 Å². The molecule has 0 nitrogen and oxygen atoms in total. The third kappa shape index (κ3) is 14.0. The fraction of sp³-hybridized carbons (Fsp3) is 1.00. The van der Waals surface area contributed by atoms with Crippen LogP contribution in [-0.4, -0.2) is 0 Å². The molecule has 0 rings (SSSR count). The molecule has 0 amide bonds. The van der Waals surface area contributed by atoms with Crippen LogP contribution in [0.4, 0.5) is 0 Å². The molecule has 0 saturated heterocycles. The molecule has 0 aromatic carbocycles. The van der Waals surface area contributed by atoms with Crippen LogP contribution < -0.4 is 0 Å². The second-order valence-corrected chi connectivity index (χ2v) is 4.95. The largest absolute Gasteiger partial charge is 0.0656 e. The van der Waals surface area contributed by atoms with Crippen LogP contribution >= 0.6 is 0 Å². The molecule has 0 spiro atoms. The zero-order chi connectivity index (χ0) is 12.1. The zero-order valence-electron chi connectivity index (χ0n) is 12.1. The van der Waals surface area contributed by atoms with Crippen molar-refractivity contribution in [2.24, 2.45) is 11.8 Å². The van der Waals surface area contributed by atoms with Crippen molar-refractivity contribution < 1.29 is 0 Å². The fourth-order valence-corrected chi connectivity index (χ4v) is 1.74. The summed E-state index contributed by atoms with van der Waals surface area (Å²) in [4.78, 5) is 0. The van der Waals surface area contributed by atoms with Crippen LogP contribution in [0.15, 0.2) is 0 Å². The summed E-state index contributed by atoms with van der Waals surface area (Å²) < 4.78 is 0. The molecule has 0 N–H and O–H groups in total. The first-order valence-electron chi connectivity index (χ1n) is 7.13. The maximum atomic E-state index is 2.41. The lowest BCUT2D eigenvalue weighted by atomic mass is 9.88. The second-order valence-electron chi connectivity index (χ2n) is 4.95. The predicted molar refractivity (Wildman–Crippen MR) is 73.3 cm³/mol. The SMILES string of the molecule is CCC.CCCCCC(C)C(C)CCC. The smallest absolute Gasteiger partial charge is 0.0417 e. The molecule has 0 aliphatic carbocycles. The summed E-state index contributed by atoms with van der Waals surface area (Å²) in [5, 5.41) is 0. The predicted octanol–water partition coefficient (Wildman–Crippen LogP) is 6.06. The van der Waals surface area contributed by atoms with Crippen molar-refractivity contribution in [2.45, 2.75) is 86.5 Å². The lowest BCUT2D eigenvalue weighted by molar-refractivity contribution is 0.331. The van der Waals surface area contributed by atoms with E-state index >= 15 is 0 Å². The third-order valence-electron chi connectivity index (χ3n) is 2.98. The average molecular weight is 214 g/mol. The minimum absolute atomic E-state index is 0.937. The summed E-state index contributed by atoms with van der Waals surface area (Å²) >= 11 is 0. The molecule has 0 aromatic rings. The van der Waals surface area contributed by atoms with Crippen LogP contribution in [0, 0.1) is 11.8 Å². The molecule has 0 saturated carbocycles. The van der Waals surface area contributed by atoms with E-state index in [4.69, 9.17) is 0 Å². The first kappa shape index (κ1) is 17.4. The zero-order valence-corrected chi connectivity index (χ0v) is 12.1. The van der Waals surface area contributed by atoms with Crippen molar-refractivity contribution in [3.63, 3.8) is 0 Å². The van der Waals surface area contributed by atoms with Gasteiger partial charge in [-0.05, 0) is 11.8 Å². The molecule has 0 aromatic heterocycles. The van der Waals surface area contributed by atoms with E-state index in [2.05, 4.69) is 41.5 Å². The normalized spacial score (nSPS) is 14.0. The highest BCUT2D eigenvalue weighted by Gasteiger charge is 2.09. The van der Waals surface area contributed by atoms with Gasteiger partial charge in [-0.3, -0.25) is 0 Å². The molecule has 15 heavy (non-hydrogen) atoms. The summed E-state index contributed by atoms with van der Waals surface area (Å²) in [5.74, 6) is 1.88. The van der Waals surface area contributed by atoms with E-state index < -0.39 is 0 Å². The van der Waals surface area contributed by atoms with Crippen LogP contribution in [0.2, 0.25) is 0 Å². The highest BCUT2D eigenvalue weighted by molar-refractivity contribution is 4.61. The van der Waals surface area contributed by atoms with Crippen LogP contribution in [0.3, 0.4) is 0 Å². The molecule has 2 unspecified atom stereocenters. The van der Waals surface area contributed by atoms with Crippen LogP contribution in [0.1, 0.15) is 86.5 Å². The molecule has 0 heterocycles. The van der Waals surface area contributed by atoms with Gasteiger partial charge in [-0.25, -0.2) is 0 Å². The van der Waals surface area contributed by atoms with Crippen molar-refractivity contribution in [3.05, 3.63) is 0 Å². The monoisotopic (exact) mass is 214 g/mol. The Balaban J connectivity index is 0. The lowest BCUT2D eigenvalue weighted by Gasteiger charge is -2.18. The number of unbranched alkanes of at least 4 members (excludes halogenated alkanes) is 2. The van der Waals surface area contributed by atoms with Gasteiger partial charge in [0.25, 0.3) is 0 Å². The summed E-state index contributed by atoms with van der Waals surface area (Å²) in [5.41, 5.74) is 0. The maximum absolute atomic E-state index is 2.41. The van der Waals surface area contributed by atoms with Crippen LogP contribution in [0.5, 0.6) is 0 Å². The molecular weight excluding hydrogens is 180 g/mol. The minimum Gasteiger partial charge on any atom is -0.0656 e. The van der Waals surface area contributed by atoms with Crippen molar-refractivity contribution in [1.29, 1.82) is 0 Å². The molecule has 2 atom stereocenters. The van der Waals surface area contributed by atoms with Gasteiger partial charge in [0, 0.05) is 0 Å². The van der Waals surface area contributed by atoms with Gasteiger partial charge in [-0.1, -0.05) is 86.5 Å². The van der Waals surface area contributed by atoms with Gasteiger partial charge >= 0.3 is 0 Å². The number of hydrogen-bond donors (Lipinski definition) is 0. The van der Waals surface area contributed by atoms with Gasteiger partial charge in [0.2, 0.25) is 0 Å². The van der Waals surface area contributed by atoms with Crippen molar-refractivity contribution in [2.75, 3.05) is 0 Å². The first-order valence-corrected chi connectivity index (χ1v) is 7.13. The van der Waals surface area contributed by atoms with E-state index in [1.54, 1.807) is 0 Å². The molecule has 0 radical (unpaired) electrons. The summed E-state index contributed by atoms with van der Waals surface area (Å²) in [6.45, 7) is 13.6. The topological polar surface area (TPSA) is 0 Å². The Hall–Kier alpha value is 0. The minimum atomic E-state index is 0.937. The summed E-state index contributed by atoms with van der Waals surface area (Å²) in [6, 6.07) is 0. The third-order valence-corrected chi connectivity index (χ3v) is 2.98. The number of hydrogen-bond acceptors (Lipinski definition) is 0. The molecule has 0 aliphatic rings.